The van der Waals surface area contributed by atoms with Gasteiger partial charge in [-0.05, 0) is 48.7 Å². The smallest absolute Gasteiger partial charge is 0.156 e. The van der Waals surface area contributed by atoms with E-state index in [-0.39, 0.29) is 5.41 Å². The summed E-state index contributed by atoms with van der Waals surface area (Å²) in [5.74, 6) is 1.38. The summed E-state index contributed by atoms with van der Waals surface area (Å²) in [7, 11) is 0. The molecule has 1 aliphatic rings. The highest BCUT2D eigenvalue weighted by molar-refractivity contribution is 5.80. The summed E-state index contributed by atoms with van der Waals surface area (Å²) in [6.45, 7) is 15.3. The van der Waals surface area contributed by atoms with Crippen molar-refractivity contribution >= 4 is 17.2 Å². The third kappa shape index (κ3) is 3.22. The van der Waals surface area contributed by atoms with Crippen LogP contribution in [-0.4, -0.2) is 4.98 Å². The van der Waals surface area contributed by atoms with Crippen LogP contribution in [0.2, 0.25) is 0 Å². The lowest BCUT2D eigenvalue weighted by Gasteiger charge is -2.34. The Morgan fingerprint density at radius 2 is 1.87 bits per heavy atom. The van der Waals surface area contributed by atoms with Crippen molar-refractivity contribution in [2.45, 2.75) is 71.6 Å². The zero-order valence-electron chi connectivity index (χ0n) is 15.2. The van der Waals surface area contributed by atoms with Gasteiger partial charge in [-0.25, -0.2) is 4.98 Å². The van der Waals surface area contributed by atoms with E-state index in [1.54, 1.807) is 6.08 Å². The molecule has 0 atom stereocenters. The van der Waals surface area contributed by atoms with Crippen molar-refractivity contribution in [3.63, 3.8) is 0 Å². The van der Waals surface area contributed by atoms with E-state index in [1.807, 2.05) is 6.07 Å². The van der Waals surface area contributed by atoms with E-state index in [0.29, 0.717) is 11.3 Å². The molecule has 2 nitrogen and oxygen atoms in total. The predicted octanol–water partition coefficient (Wildman–Crippen LogP) is 6.45. The summed E-state index contributed by atoms with van der Waals surface area (Å²) in [6.07, 6.45) is 6.80. The predicted molar refractivity (Wildman–Crippen MR) is 97.8 cm³/mol. The third-order valence-corrected chi connectivity index (χ3v) is 5.28. The molecule has 23 heavy (non-hydrogen) atoms. The molecule has 0 N–H and O–H groups in total. The summed E-state index contributed by atoms with van der Waals surface area (Å²) in [5, 5.41) is 0. The molecule has 0 radical (unpaired) electrons. The maximum absolute atomic E-state index is 5.97. The molecule has 0 saturated heterocycles. The van der Waals surface area contributed by atoms with E-state index in [2.05, 4.69) is 47.3 Å². The summed E-state index contributed by atoms with van der Waals surface area (Å²) >= 11 is 0. The minimum Gasteiger partial charge on any atom is -0.455 e. The number of aromatic nitrogens is 1. The van der Waals surface area contributed by atoms with Crippen LogP contribution in [0.1, 0.15) is 83.2 Å². The lowest BCUT2D eigenvalue weighted by Crippen LogP contribution is -2.21. The molecule has 1 saturated carbocycles. The molecule has 1 fully saturated rings. The molecule has 1 aliphatic carbocycles. The van der Waals surface area contributed by atoms with Gasteiger partial charge in [-0.1, -0.05) is 41.2 Å². The fraction of sp³-hybridized carbons (Fsp3) is 0.571. The van der Waals surface area contributed by atoms with Gasteiger partial charge in [0.15, 0.2) is 5.58 Å². The van der Waals surface area contributed by atoms with Crippen LogP contribution in [0.25, 0.3) is 17.2 Å². The number of fused-ring (bicyclic) bond motifs is 1. The SMILES string of the molecule is C=Cc1cc2nc(C3CCC(C)(C)CC3)cc(C(C)(C)C)c2o1. The molecular weight excluding hydrogens is 282 g/mol. The van der Waals surface area contributed by atoms with E-state index < -0.39 is 0 Å². The Kier molecular flexibility index (Phi) is 3.90. The summed E-state index contributed by atoms with van der Waals surface area (Å²) in [5.41, 5.74) is 4.93. The first-order chi connectivity index (χ1) is 10.7. The minimum absolute atomic E-state index is 0.0418. The minimum atomic E-state index is 0.0418. The first-order valence-corrected chi connectivity index (χ1v) is 8.77. The quantitative estimate of drug-likeness (QED) is 0.636. The number of hydrogen-bond acceptors (Lipinski definition) is 2. The Hall–Kier alpha value is -1.57. The van der Waals surface area contributed by atoms with Crippen molar-refractivity contribution in [2.24, 2.45) is 5.41 Å². The Morgan fingerprint density at radius 1 is 1.22 bits per heavy atom. The molecule has 0 spiro atoms. The Balaban J connectivity index is 2.06. The molecule has 3 rings (SSSR count). The topological polar surface area (TPSA) is 26.0 Å². The van der Waals surface area contributed by atoms with Gasteiger partial charge in [0.2, 0.25) is 0 Å². The van der Waals surface area contributed by atoms with Crippen LogP contribution in [0.4, 0.5) is 0 Å². The monoisotopic (exact) mass is 311 g/mol. The summed E-state index contributed by atoms with van der Waals surface area (Å²) in [4.78, 5) is 4.95. The maximum Gasteiger partial charge on any atom is 0.156 e. The van der Waals surface area contributed by atoms with E-state index in [9.17, 15) is 0 Å². The van der Waals surface area contributed by atoms with Gasteiger partial charge in [0.05, 0.1) is 0 Å². The standard InChI is InChI=1S/C21H29NO/c1-7-15-12-18-19(23-15)16(20(2,3)4)13-17(22-18)14-8-10-21(5,6)11-9-14/h7,12-14H,1,8-11H2,2-6H3. The van der Waals surface area contributed by atoms with Gasteiger partial charge < -0.3 is 4.42 Å². The van der Waals surface area contributed by atoms with Crippen molar-refractivity contribution in [3.8, 4) is 0 Å². The number of pyridine rings is 1. The van der Waals surface area contributed by atoms with Gasteiger partial charge in [0.1, 0.15) is 11.3 Å². The Bertz CT molecular complexity index is 720. The highest BCUT2D eigenvalue weighted by atomic mass is 16.3. The van der Waals surface area contributed by atoms with Crippen molar-refractivity contribution in [1.29, 1.82) is 0 Å². The largest absolute Gasteiger partial charge is 0.455 e. The highest BCUT2D eigenvalue weighted by Crippen LogP contribution is 2.43. The molecular formula is C21H29NO. The van der Waals surface area contributed by atoms with Crippen LogP contribution in [0.15, 0.2) is 23.1 Å². The average Bonchev–Trinajstić information content (AvgIpc) is 2.88. The third-order valence-electron chi connectivity index (χ3n) is 5.28. The second-order valence-electron chi connectivity index (χ2n) is 8.85. The van der Waals surface area contributed by atoms with Crippen molar-refractivity contribution in [1.82, 2.24) is 4.98 Å². The molecule has 0 aliphatic heterocycles. The number of furan rings is 1. The zero-order chi connectivity index (χ0) is 16.8. The molecule has 0 amide bonds. The van der Waals surface area contributed by atoms with Crippen LogP contribution >= 0.6 is 0 Å². The molecule has 2 aromatic rings. The Morgan fingerprint density at radius 3 is 2.43 bits per heavy atom. The first-order valence-electron chi connectivity index (χ1n) is 8.77. The second kappa shape index (κ2) is 5.51. The van der Waals surface area contributed by atoms with Crippen LogP contribution in [0, 0.1) is 5.41 Å². The van der Waals surface area contributed by atoms with Crippen LogP contribution in [-0.2, 0) is 5.41 Å². The van der Waals surface area contributed by atoms with E-state index >= 15 is 0 Å². The van der Waals surface area contributed by atoms with Crippen LogP contribution < -0.4 is 0 Å². The van der Waals surface area contributed by atoms with Crippen LogP contribution in [0.5, 0.6) is 0 Å². The van der Waals surface area contributed by atoms with Gasteiger partial charge in [-0.15, -0.1) is 0 Å². The lowest BCUT2D eigenvalue weighted by atomic mass is 9.72. The number of rotatable bonds is 2. The summed E-state index contributed by atoms with van der Waals surface area (Å²) < 4.78 is 5.97. The highest BCUT2D eigenvalue weighted by Gasteiger charge is 2.30. The van der Waals surface area contributed by atoms with Crippen molar-refractivity contribution in [2.75, 3.05) is 0 Å². The molecule has 2 heteroatoms. The van der Waals surface area contributed by atoms with Crippen molar-refractivity contribution < 1.29 is 4.42 Å². The zero-order valence-corrected chi connectivity index (χ0v) is 15.2. The molecule has 2 aromatic heterocycles. The van der Waals surface area contributed by atoms with E-state index in [1.165, 1.54) is 36.9 Å². The van der Waals surface area contributed by atoms with E-state index in [0.717, 1.165) is 16.9 Å². The number of nitrogens with zero attached hydrogens (tertiary/aromatic N) is 1. The Labute approximate surface area is 140 Å². The van der Waals surface area contributed by atoms with E-state index in [4.69, 9.17) is 9.40 Å². The van der Waals surface area contributed by atoms with Gasteiger partial charge in [-0.3, -0.25) is 0 Å². The second-order valence-corrected chi connectivity index (χ2v) is 8.85. The first kappa shape index (κ1) is 16.3. The normalized spacial score (nSPS) is 19.2. The fourth-order valence-electron chi connectivity index (χ4n) is 3.62. The summed E-state index contributed by atoms with van der Waals surface area (Å²) in [6, 6.07) is 4.32. The number of hydrogen-bond donors (Lipinski definition) is 0. The molecule has 0 aromatic carbocycles. The van der Waals surface area contributed by atoms with Crippen LogP contribution in [0.3, 0.4) is 0 Å². The average molecular weight is 311 g/mol. The molecule has 0 bridgehead atoms. The molecule has 2 heterocycles. The van der Waals surface area contributed by atoms with Gasteiger partial charge in [0.25, 0.3) is 0 Å². The maximum atomic E-state index is 5.97. The lowest BCUT2D eigenvalue weighted by molar-refractivity contribution is 0.223. The molecule has 124 valence electrons. The fourth-order valence-corrected chi connectivity index (χ4v) is 3.62. The van der Waals surface area contributed by atoms with Gasteiger partial charge in [-0.2, -0.15) is 0 Å². The molecule has 0 unspecified atom stereocenters. The van der Waals surface area contributed by atoms with Gasteiger partial charge >= 0.3 is 0 Å². The van der Waals surface area contributed by atoms with Crippen molar-refractivity contribution in [3.05, 3.63) is 35.7 Å². The van der Waals surface area contributed by atoms with Gasteiger partial charge in [0, 0.05) is 23.2 Å².